The number of rotatable bonds is 2. The zero-order chi connectivity index (χ0) is 22.9. The first-order valence-electron chi connectivity index (χ1n) is 10.7. The van der Waals surface area contributed by atoms with E-state index in [1.54, 1.807) is 24.3 Å². The summed E-state index contributed by atoms with van der Waals surface area (Å²) in [5.74, 6) is 0.322. The summed E-state index contributed by atoms with van der Waals surface area (Å²) in [6.07, 6.45) is 6.39. The van der Waals surface area contributed by atoms with Gasteiger partial charge in [0.15, 0.2) is 9.53 Å². The van der Waals surface area contributed by atoms with Crippen molar-refractivity contribution in [2.75, 3.05) is 0 Å². The molecule has 1 aromatic carbocycles. The first kappa shape index (κ1) is 20.9. The molecule has 1 N–H and O–H groups in total. The van der Waals surface area contributed by atoms with Gasteiger partial charge in [-0.2, -0.15) is 0 Å². The van der Waals surface area contributed by atoms with Gasteiger partial charge >= 0.3 is 5.97 Å². The van der Waals surface area contributed by atoms with Crippen LogP contribution in [0, 0.1) is 15.8 Å². The molecule has 9 heteroatoms. The zero-order valence-electron chi connectivity index (χ0n) is 17.2. The fourth-order valence-corrected chi connectivity index (χ4v) is 6.90. The Morgan fingerprint density at radius 3 is 2.79 bits per heavy atom. The fraction of sp³-hybridized carbons (Fsp3) is 0.292. The number of halogens is 1. The normalized spacial score (nSPS) is 26.1. The molecule has 3 unspecified atom stereocenters. The van der Waals surface area contributed by atoms with Crippen LogP contribution in [-0.2, 0) is 4.79 Å². The number of nitrogens with zero attached hydrogens (tertiary/aromatic N) is 1. The van der Waals surface area contributed by atoms with E-state index in [-0.39, 0.29) is 34.2 Å². The van der Waals surface area contributed by atoms with Crippen LogP contribution in [0.1, 0.15) is 47.0 Å². The van der Waals surface area contributed by atoms with Crippen LogP contribution < -0.4 is 15.6 Å². The topological polar surface area (TPSA) is 81.7 Å². The van der Waals surface area contributed by atoms with E-state index in [0.717, 1.165) is 12.3 Å². The van der Waals surface area contributed by atoms with Gasteiger partial charge in [-0.3, -0.25) is 9.36 Å². The molecule has 33 heavy (non-hydrogen) atoms. The number of ether oxygens (including phenoxy) is 1. The van der Waals surface area contributed by atoms with Crippen LogP contribution in [-0.4, -0.2) is 21.4 Å². The van der Waals surface area contributed by atoms with Crippen LogP contribution in [0.15, 0.2) is 34.7 Å². The number of furan rings is 1. The first-order chi connectivity index (χ1) is 15.9. The average molecular weight is 500 g/mol. The third kappa shape index (κ3) is 3.39. The molecule has 0 saturated heterocycles. The highest BCUT2D eigenvalue weighted by Gasteiger charge is 2.41. The predicted molar refractivity (Wildman–Crippen MR) is 126 cm³/mol. The van der Waals surface area contributed by atoms with E-state index in [1.807, 2.05) is 4.57 Å². The van der Waals surface area contributed by atoms with Crippen molar-refractivity contribution in [2.24, 2.45) is 11.8 Å². The molecule has 2 fully saturated rings. The fourth-order valence-electron chi connectivity index (χ4n) is 5.36. The molecule has 1 aliphatic heterocycles. The maximum Gasteiger partial charge on any atom is 0.351 e. The molecule has 0 amide bonds. The molecule has 168 valence electrons. The predicted octanol–water partition coefficient (Wildman–Crippen LogP) is 4.37. The monoisotopic (exact) mass is 499 g/mol. The van der Waals surface area contributed by atoms with Gasteiger partial charge in [0.2, 0.25) is 11.7 Å². The van der Waals surface area contributed by atoms with E-state index in [4.69, 9.17) is 33.0 Å². The van der Waals surface area contributed by atoms with Crippen LogP contribution in [0.25, 0.3) is 11.6 Å². The van der Waals surface area contributed by atoms with Gasteiger partial charge in [-0.05, 0) is 73.6 Å². The lowest BCUT2D eigenvalue weighted by atomic mass is 9.95. The Labute approximate surface area is 202 Å². The second kappa shape index (κ2) is 7.68. The second-order valence-electron chi connectivity index (χ2n) is 8.75. The Morgan fingerprint density at radius 2 is 2.03 bits per heavy atom. The lowest BCUT2D eigenvalue weighted by Gasteiger charge is -2.23. The molecule has 3 heterocycles. The number of aromatic hydroxyl groups is 1. The Hall–Kier alpha value is -2.68. The maximum atomic E-state index is 12.9. The van der Waals surface area contributed by atoms with Crippen molar-refractivity contribution in [3.05, 3.63) is 60.6 Å². The van der Waals surface area contributed by atoms with Crippen LogP contribution in [0.2, 0.25) is 5.02 Å². The van der Waals surface area contributed by atoms with Gasteiger partial charge in [0.25, 0.3) is 0 Å². The first-order valence-corrected chi connectivity index (χ1v) is 12.3. The number of carbonyl (C=O) groups is 2. The summed E-state index contributed by atoms with van der Waals surface area (Å²) < 4.78 is 13.6. The van der Waals surface area contributed by atoms with E-state index in [1.165, 1.54) is 42.7 Å². The van der Waals surface area contributed by atoms with Crippen LogP contribution >= 0.6 is 35.2 Å². The molecule has 6 nitrogen and oxygen atoms in total. The number of hydrogen-bond donors (Lipinski definition) is 1. The summed E-state index contributed by atoms with van der Waals surface area (Å²) in [7, 11) is 0. The molecular formula is C24H18ClNO5S2. The van der Waals surface area contributed by atoms with Gasteiger partial charge in [0.1, 0.15) is 16.6 Å². The minimum atomic E-state index is -0.781. The van der Waals surface area contributed by atoms with Gasteiger partial charge in [-0.25, -0.2) is 4.79 Å². The second-order valence-corrected chi connectivity index (χ2v) is 10.9. The number of ketones is 1. The summed E-state index contributed by atoms with van der Waals surface area (Å²) >= 11 is 12.9. The Bertz CT molecular complexity index is 1510. The largest absolute Gasteiger partial charge is 0.493 e. The standard InChI is InChI=1S/C24H18ClNO5S2/c25-13-3-5-17-15(9-13)21(27)20(23(29)31-17)18-6-4-14(30-18)10-19-22(28)26(24(32)33-19)16-8-11-1-2-12(16)7-11/h3-6,9-12,16,28H,1-2,7-8H2. The molecule has 2 bridgehead atoms. The van der Waals surface area contributed by atoms with Crippen molar-refractivity contribution in [1.82, 2.24) is 4.57 Å². The van der Waals surface area contributed by atoms with Crippen molar-refractivity contribution >= 4 is 58.6 Å². The number of esters is 1. The number of Topliss-reactive ketones (excluding diaryl/α,β-unsaturated/α-hetero) is 1. The number of fused-ring (bicyclic) bond motifs is 3. The number of thiazole rings is 1. The van der Waals surface area contributed by atoms with Crippen LogP contribution in [0.4, 0.5) is 0 Å². The minimum absolute atomic E-state index is 0.0949. The number of hydrogen-bond acceptors (Lipinski definition) is 7. The molecule has 6 rings (SSSR count). The molecule has 3 aromatic rings. The lowest BCUT2D eigenvalue weighted by molar-refractivity contribution is -0.128. The molecule has 2 saturated carbocycles. The minimum Gasteiger partial charge on any atom is -0.493 e. The van der Waals surface area contributed by atoms with Crippen LogP contribution in [0.3, 0.4) is 0 Å². The summed E-state index contributed by atoms with van der Waals surface area (Å²) in [6.45, 7) is 0. The number of aromatic nitrogens is 1. The molecule has 2 aromatic heterocycles. The molecule has 3 aliphatic rings. The van der Waals surface area contributed by atoms with Gasteiger partial charge in [0, 0.05) is 17.1 Å². The van der Waals surface area contributed by atoms with Crippen molar-refractivity contribution in [2.45, 2.75) is 31.7 Å². The zero-order valence-corrected chi connectivity index (χ0v) is 19.6. The molecule has 0 spiro atoms. The highest BCUT2D eigenvalue weighted by atomic mass is 35.5. The number of carbonyl (C=O) groups excluding carboxylic acids is 2. The Balaban J connectivity index is 1.40. The van der Waals surface area contributed by atoms with E-state index in [0.29, 0.717) is 25.2 Å². The van der Waals surface area contributed by atoms with Crippen molar-refractivity contribution in [1.29, 1.82) is 0 Å². The van der Waals surface area contributed by atoms with Gasteiger partial charge in [-0.15, -0.1) is 11.3 Å². The Morgan fingerprint density at radius 1 is 1.18 bits per heavy atom. The molecular weight excluding hydrogens is 482 g/mol. The summed E-state index contributed by atoms with van der Waals surface area (Å²) in [5.41, 5.74) is 0.498. The van der Waals surface area contributed by atoms with E-state index >= 15 is 0 Å². The number of benzene rings is 1. The summed E-state index contributed by atoms with van der Waals surface area (Å²) in [6, 6.07) is 7.93. The quantitative estimate of drug-likeness (QED) is 0.320. The van der Waals surface area contributed by atoms with Crippen molar-refractivity contribution in [3.63, 3.8) is 0 Å². The van der Waals surface area contributed by atoms with Gasteiger partial charge in [0.05, 0.1) is 10.4 Å². The van der Waals surface area contributed by atoms with Crippen molar-refractivity contribution < 1.29 is 23.8 Å². The molecule has 2 aliphatic carbocycles. The Kier molecular flexibility index (Phi) is 4.87. The lowest BCUT2D eigenvalue weighted by Crippen LogP contribution is -2.29. The third-order valence-electron chi connectivity index (χ3n) is 6.84. The average Bonchev–Trinajstić information content (AvgIpc) is 3.55. The summed E-state index contributed by atoms with van der Waals surface area (Å²) in [5, 5.41) is 11.3. The van der Waals surface area contributed by atoms with E-state index in [9.17, 15) is 14.7 Å². The molecule has 3 atom stereocenters. The van der Waals surface area contributed by atoms with Gasteiger partial charge < -0.3 is 14.3 Å². The highest BCUT2D eigenvalue weighted by Crippen LogP contribution is 2.52. The SMILES string of the molecule is O=C1Oc2ccc(Cl)cc2C(=O)C1=c1ccc(=Cc2sc(=S)n(C3CC4CCC3C4)c2O)o1. The summed E-state index contributed by atoms with van der Waals surface area (Å²) in [4.78, 5) is 26.0. The highest BCUT2D eigenvalue weighted by molar-refractivity contribution is 7.73. The smallest absolute Gasteiger partial charge is 0.351 e. The van der Waals surface area contributed by atoms with Gasteiger partial charge in [-0.1, -0.05) is 18.0 Å². The van der Waals surface area contributed by atoms with E-state index in [2.05, 4.69) is 0 Å². The molecule has 0 radical (unpaired) electrons. The third-order valence-corrected chi connectivity index (χ3v) is 8.42. The van der Waals surface area contributed by atoms with Crippen LogP contribution in [0.5, 0.6) is 11.6 Å². The van der Waals surface area contributed by atoms with E-state index < -0.39 is 11.8 Å². The maximum absolute atomic E-state index is 12.9. The van der Waals surface area contributed by atoms with Crippen molar-refractivity contribution in [3.8, 4) is 11.6 Å².